The average Bonchev–Trinajstić information content (AvgIpc) is 3.03. The Morgan fingerprint density at radius 1 is 1.28 bits per heavy atom. The van der Waals surface area contributed by atoms with Crippen LogP contribution in [0, 0.1) is 12.3 Å². The summed E-state index contributed by atoms with van der Waals surface area (Å²) in [5.74, 6) is 2.21. The van der Waals surface area contributed by atoms with Gasteiger partial charge in [-0.2, -0.15) is 4.99 Å². The summed E-state index contributed by atoms with van der Waals surface area (Å²) in [6.07, 6.45) is 5.20. The first-order chi connectivity index (χ1) is 13.8. The first-order valence-corrected chi connectivity index (χ1v) is 11.4. The van der Waals surface area contributed by atoms with Gasteiger partial charge in [0.25, 0.3) is 0 Å². The van der Waals surface area contributed by atoms with Gasteiger partial charge in [0.1, 0.15) is 5.75 Å². The number of benzene rings is 2. The number of halogens is 1. The number of amides is 1. The van der Waals surface area contributed by atoms with E-state index in [1.165, 1.54) is 30.6 Å². The second-order valence-electron chi connectivity index (χ2n) is 6.04. The van der Waals surface area contributed by atoms with E-state index in [9.17, 15) is 13.2 Å². The largest absolute Gasteiger partial charge is 0.497 e. The lowest BCUT2D eigenvalue weighted by Gasteiger charge is -2.04. The van der Waals surface area contributed by atoms with Gasteiger partial charge < -0.3 is 9.30 Å². The Morgan fingerprint density at radius 3 is 2.66 bits per heavy atom. The molecule has 0 unspecified atom stereocenters. The number of methoxy groups -OCH3 is 1. The number of carbonyl (C=O) groups is 1. The number of ether oxygens (including phenoxy) is 1. The first-order valence-electron chi connectivity index (χ1n) is 8.51. The number of nitrogens with zero attached hydrogens (tertiary/aromatic N) is 2. The van der Waals surface area contributed by atoms with Crippen LogP contribution in [-0.4, -0.2) is 31.8 Å². The smallest absolute Gasteiger partial charge is 0.249 e. The van der Waals surface area contributed by atoms with Crippen molar-refractivity contribution in [3.63, 3.8) is 0 Å². The summed E-state index contributed by atoms with van der Waals surface area (Å²) in [5, 5.41) is 0.565. The van der Waals surface area contributed by atoms with Crippen LogP contribution in [0.4, 0.5) is 0 Å². The quantitative estimate of drug-likeness (QED) is 0.542. The number of thiazole rings is 1. The third-order valence-electron chi connectivity index (χ3n) is 4.12. The fraction of sp³-hybridized carbons (Fsp3) is 0.200. The SMILES string of the molecule is C#CCn1c(=NC(=O)CCS(=O)(=O)c2ccc(OC)cc2)sc2cc(Cl)ccc21. The molecule has 9 heteroatoms. The van der Waals surface area contributed by atoms with E-state index in [4.69, 9.17) is 22.8 Å². The normalized spacial score (nSPS) is 12.1. The molecule has 1 amide bonds. The van der Waals surface area contributed by atoms with E-state index in [1.807, 2.05) is 6.07 Å². The zero-order valence-corrected chi connectivity index (χ0v) is 17.9. The van der Waals surface area contributed by atoms with Crippen molar-refractivity contribution in [1.82, 2.24) is 4.57 Å². The van der Waals surface area contributed by atoms with Crippen LogP contribution in [0.3, 0.4) is 0 Å². The Bertz CT molecular complexity index is 1270. The molecule has 0 saturated carbocycles. The predicted octanol–water partition coefficient (Wildman–Crippen LogP) is 3.29. The molecule has 0 saturated heterocycles. The lowest BCUT2D eigenvalue weighted by molar-refractivity contribution is -0.117. The van der Waals surface area contributed by atoms with E-state index >= 15 is 0 Å². The Morgan fingerprint density at radius 2 is 2.00 bits per heavy atom. The van der Waals surface area contributed by atoms with Gasteiger partial charge in [-0.25, -0.2) is 8.42 Å². The third kappa shape index (κ3) is 4.88. The number of hydrogen-bond donors (Lipinski definition) is 0. The van der Waals surface area contributed by atoms with Crippen molar-refractivity contribution in [2.45, 2.75) is 17.9 Å². The Labute approximate surface area is 177 Å². The number of terminal acetylenes is 1. The summed E-state index contributed by atoms with van der Waals surface area (Å²) in [5.41, 5.74) is 0.815. The zero-order valence-electron chi connectivity index (χ0n) is 15.5. The second kappa shape index (κ2) is 8.82. The highest BCUT2D eigenvalue weighted by atomic mass is 35.5. The molecule has 0 N–H and O–H groups in total. The van der Waals surface area contributed by atoms with Crippen molar-refractivity contribution in [1.29, 1.82) is 0 Å². The Balaban J connectivity index is 1.83. The molecule has 0 aliphatic heterocycles. The molecule has 1 aromatic heterocycles. The zero-order chi connectivity index (χ0) is 21.0. The van der Waals surface area contributed by atoms with Gasteiger partial charge in [-0.1, -0.05) is 28.9 Å². The van der Waals surface area contributed by atoms with Crippen LogP contribution < -0.4 is 9.54 Å². The third-order valence-corrected chi connectivity index (χ3v) is 7.13. The number of sulfone groups is 1. The number of hydrogen-bond acceptors (Lipinski definition) is 5. The van der Waals surface area contributed by atoms with Gasteiger partial charge in [0, 0.05) is 11.4 Å². The highest BCUT2D eigenvalue weighted by Crippen LogP contribution is 2.22. The molecular formula is C20H17ClN2O4S2. The van der Waals surface area contributed by atoms with Crippen LogP contribution in [0.1, 0.15) is 6.42 Å². The molecule has 0 spiro atoms. The van der Waals surface area contributed by atoms with E-state index in [2.05, 4.69) is 10.9 Å². The molecule has 0 radical (unpaired) electrons. The van der Waals surface area contributed by atoms with Gasteiger partial charge in [0.2, 0.25) is 5.91 Å². The average molecular weight is 449 g/mol. The fourth-order valence-corrected chi connectivity index (χ4v) is 5.21. The molecule has 0 aliphatic carbocycles. The van der Waals surface area contributed by atoms with E-state index in [0.717, 1.165) is 10.2 Å². The summed E-state index contributed by atoms with van der Waals surface area (Å²) in [6.45, 7) is 0.234. The van der Waals surface area contributed by atoms with Crippen molar-refractivity contribution in [2.75, 3.05) is 12.9 Å². The van der Waals surface area contributed by atoms with E-state index in [0.29, 0.717) is 15.6 Å². The summed E-state index contributed by atoms with van der Waals surface area (Å²) in [4.78, 5) is 17.0. The number of fused-ring (bicyclic) bond motifs is 1. The predicted molar refractivity (Wildman–Crippen MR) is 114 cm³/mol. The number of carbonyl (C=O) groups excluding carboxylic acids is 1. The minimum atomic E-state index is -3.61. The van der Waals surface area contributed by atoms with Gasteiger partial charge in [-0.15, -0.1) is 6.42 Å². The topological polar surface area (TPSA) is 77.7 Å². The van der Waals surface area contributed by atoms with E-state index in [1.54, 1.807) is 28.8 Å². The second-order valence-corrected chi connectivity index (χ2v) is 9.59. The van der Waals surface area contributed by atoms with Gasteiger partial charge in [-0.3, -0.25) is 4.79 Å². The Hall–Kier alpha value is -2.60. The summed E-state index contributed by atoms with van der Waals surface area (Å²) >= 11 is 7.30. The first kappa shape index (κ1) is 21.1. The van der Waals surface area contributed by atoms with Crippen molar-refractivity contribution >= 4 is 48.9 Å². The highest BCUT2D eigenvalue weighted by Gasteiger charge is 2.17. The minimum Gasteiger partial charge on any atom is -0.497 e. The molecule has 150 valence electrons. The molecule has 0 aliphatic rings. The van der Waals surface area contributed by atoms with Crippen LogP contribution in [0.5, 0.6) is 5.75 Å². The summed E-state index contributed by atoms with van der Waals surface area (Å²) in [6, 6.07) is 11.3. The lowest BCUT2D eigenvalue weighted by Crippen LogP contribution is -2.18. The number of aromatic nitrogens is 1. The van der Waals surface area contributed by atoms with Crippen LogP contribution >= 0.6 is 22.9 Å². The van der Waals surface area contributed by atoms with Crippen molar-refractivity contribution < 1.29 is 17.9 Å². The molecule has 2 aromatic carbocycles. The van der Waals surface area contributed by atoms with Crippen molar-refractivity contribution in [3.05, 3.63) is 52.3 Å². The van der Waals surface area contributed by atoms with Crippen LogP contribution in [0.2, 0.25) is 5.02 Å². The summed E-state index contributed by atoms with van der Waals surface area (Å²) in [7, 11) is -2.11. The van der Waals surface area contributed by atoms with Crippen LogP contribution in [0.25, 0.3) is 10.2 Å². The van der Waals surface area contributed by atoms with Gasteiger partial charge >= 0.3 is 0 Å². The molecule has 0 bridgehead atoms. The van der Waals surface area contributed by atoms with Gasteiger partial charge in [-0.05, 0) is 42.5 Å². The lowest BCUT2D eigenvalue weighted by atomic mass is 10.3. The minimum absolute atomic E-state index is 0.130. The summed E-state index contributed by atoms with van der Waals surface area (Å²) < 4.78 is 32.5. The van der Waals surface area contributed by atoms with Crippen LogP contribution in [-0.2, 0) is 21.2 Å². The maximum absolute atomic E-state index is 12.5. The molecular weight excluding hydrogens is 432 g/mol. The molecule has 3 aromatic rings. The van der Waals surface area contributed by atoms with Crippen LogP contribution in [0.15, 0.2) is 52.4 Å². The molecule has 29 heavy (non-hydrogen) atoms. The molecule has 0 atom stereocenters. The van der Waals surface area contributed by atoms with Crippen molar-refractivity contribution in [3.8, 4) is 18.1 Å². The highest BCUT2D eigenvalue weighted by molar-refractivity contribution is 7.91. The van der Waals surface area contributed by atoms with E-state index in [-0.39, 0.29) is 23.6 Å². The monoisotopic (exact) mass is 448 g/mol. The molecule has 0 fully saturated rings. The van der Waals surface area contributed by atoms with Gasteiger partial charge in [0.15, 0.2) is 14.6 Å². The van der Waals surface area contributed by atoms with Crippen molar-refractivity contribution in [2.24, 2.45) is 4.99 Å². The Kier molecular flexibility index (Phi) is 6.42. The molecule has 6 nitrogen and oxygen atoms in total. The maximum atomic E-state index is 12.5. The molecule has 3 rings (SSSR count). The molecule has 1 heterocycles. The maximum Gasteiger partial charge on any atom is 0.249 e. The fourth-order valence-electron chi connectivity index (χ4n) is 2.66. The number of rotatable bonds is 6. The van der Waals surface area contributed by atoms with Gasteiger partial charge in [0.05, 0.1) is 34.5 Å². The standard InChI is InChI=1S/C20H17ClN2O4S2/c1-3-11-23-17-9-4-14(21)13-18(17)28-20(23)22-19(24)10-12-29(25,26)16-7-5-15(27-2)6-8-16/h1,4-9,13H,10-12H2,2H3. The van der Waals surface area contributed by atoms with E-state index < -0.39 is 15.7 Å².